The minimum absolute atomic E-state index is 0. The topological polar surface area (TPSA) is 66.2 Å². The van der Waals surface area contributed by atoms with Crippen LogP contribution in [0.15, 0.2) is 135 Å². The van der Waals surface area contributed by atoms with Gasteiger partial charge in [-0.15, -0.1) is 13.2 Å². The molecule has 58 heavy (non-hydrogen) atoms. The van der Waals surface area contributed by atoms with E-state index in [9.17, 15) is 10.2 Å². The van der Waals surface area contributed by atoms with Crippen LogP contribution in [0.5, 0.6) is 0 Å². The number of quaternary nitrogens is 2. The fourth-order valence-corrected chi connectivity index (χ4v) is 12.3. The molecule has 8 heterocycles. The number of hydrogen-bond acceptors (Lipinski definition) is 4. The van der Waals surface area contributed by atoms with Crippen LogP contribution in [0.25, 0.3) is 32.6 Å². The summed E-state index contributed by atoms with van der Waals surface area (Å²) < 4.78 is 1.73. The Morgan fingerprint density at radius 2 is 0.966 bits per heavy atom. The van der Waals surface area contributed by atoms with Gasteiger partial charge < -0.3 is 53.1 Å². The zero-order valence-corrected chi connectivity index (χ0v) is 36.3. The standard InChI is InChI=1S/C50H54N4O2.2BrH/c1-3-33-29-53(25-21-35(33)27-47(53)49(55)43-19-23-51-45-15-9-7-13-41(43)45)31-37-17-18-38(40-12-6-5-11-39(37)40)32-54-26-22-36(34(4-2)30-54)28-48(54)50(56)44-20-24-52-46-16-10-8-14-42(44)46;;/h3-20,23-24,33-36,47-50,55-56H,1-2,21-22,25-32H2;2*1H/q+2;;/p-2. The Balaban J connectivity index is 0.00000235. The third-order valence-electron chi connectivity index (χ3n) is 15.2. The van der Waals surface area contributed by atoms with Gasteiger partial charge in [-0.05, 0) is 58.0 Å². The maximum atomic E-state index is 12.4. The number of fused-ring (bicyclic) bond motifs is 9. The molecular weight excluding hydrogens is 848 g/mol. The molecule has 6 aliphatic heterocycles. The van der Waals surface area contributed by atoms with E-state index < -0.39 is 12.2 Å². The number of nitrogens with zero attached hydrogens (tertiary/aromatic N) is 4. The van der Waals surface area contributed by atoms with Crippen molar-refractivity contribution < 1.29 is 53.1 Å². The van der Waals surface area contributed by atoms with E-state index in [1.165, 1.54) is 21.9 Å². The number of aliphatic hydroxyl groups excluding tert-OH is 2. The Morgan fingerprint density at radius 1 is 0.569 bits per heavy atom. The number of pyridine rings is 2. The second kappa shape index (κ2) is 16.4. The largest absolute Gasteiger partial charge is 1.00 e. The van der Waals surface area contributed by atoms with E-state index in [0.717, 1.165) is 107 Å². The first kappa shape index (κ1) is 41.0. The maximum Gasteiger partial charge on any atom is 0.131 e. The van der Waals surface area contributed by atoms with Crippen LogP contribution in [0.2, 0.25) is 0 Å². The lowest BCUT2D eigenvalue weighted by molar-refractivity contribution is -0.985. The van der Waals surface area contributed by atoms with E-state index in [4.69, 9.17) is 0 Å². The molecule has 6 aromatic rings. The molecule has 2 aromatic heterocycles. The molecule has 0 spiro atoms. The van der Waals surface area contributed by atoms with E-state index in [1.54, 1.807) is 0 Å². The van der Waals surface area contributed by atoms with Crippen molar-refractivity contribution >= 4 is 32.6 Å². The SMILES string of the molecule is C=CC1C[N+]2(Cc3ccc(C[N+]45CCC(CC4C(O)c4ccnc6ccccc46)C(C=C)C5)c4ccccc34)CCC1CC2C(O)c1ccnc2ccccc12.[Br-].[Br-]. The van der Waals surface area contributed by atoms with Crippen molar-refractivity contribution in [2.45, 2.75) is 63.1 Å². The molecule has 10 unspecified atom stereocenters. The second-order valence-electron chi connectivity index (χ2n) is 17.7. The zero-order chi connectivity index (χ0) is 38.0. The van der Waals surface area contributed by atoms with Crippen LogP contribution in [0.3, 0.4) is 0 Å². The van der Waals surface area contributed by atoms with Gasteiger partial charge in [-0.3, -0.25) is 9.97 Å². The van der Waals surface area contributed by atoms with Crippen molar-refractivity contribution in [3.63, 3.8) is 0 Å². The molecule has 2 N–H and O–H groups in total. The van der Waals surface area contributed by atoms with Crippen molar-refractivity contribution in [3.05, 3.63) is 157 Å². The number of para-hydroxylation sites is 2. The monoisotopic (exact) mass is 900 g/mol. The third kappa shape index (κ3) is 6.78. The summed E-state index contributed by atoms with van der Waals surface area (Å²) in [5, 5.41) is 29.6. The molecule has 6 saturated heterocycles. The van der Waals surface area contributed by atoms with Crippen molar-refractivity contribution in [1.82, 2.24) is 9.97 Å². The lowest BCUT2D eigenvalue weighted by Crippen LogP contribution is -3.00. The average Bonchev–Trinajstić information content (AvgIpc) is 3.26. The predicted octanol–water partition coefficient (Wildman–Crippen LogP) is 3.23. The highest BCUT2D eigenvalue weighted by Gasteiger charge is 2.56. The molecule has 0 radical (unpaired) electrons. The number of hydrogen-bond donors (Lipinski definition) is 2. The number of aromatic nitrogens is 2. The molecule has 12 rings (SSSR count). The van der Waals surface area contributed by atoms with Gasteiger partial charge in [0.1, 0.15) is 37.4 Å². The molecule has 6 nitrogen and oxygen atoms in total. The lowest BCUT2D eigenvalue weighted by atomic mass is 9.70. The first-order valence-electron chi connectivity index (χ1n) is 20.9. The summed E-state index contributed by atoms with van der Waals surface area (Å²) in [5.41, 5.74) is 6.56. The summed E-state index contributed by atoms with van der Waals surface area (Å²) in [6, 6.07) is 34.5. The summed E-state index contributed by atoms with van der Waals surface area (Å²) in [7, 11) is 0. The van der Waals surface area contributed by atoms with Gasteiger partial charge in [-0.1, -0.05) is 84.9 Å². The molecule has 6 aliphatic rings. The van der Waals surface area contributed by atoms with E-state index in [-0.39, 0.29) is 46.0 Å². The van der Waals surface area contributed by atoms with Crippen LogP contribution < -0.4 is 34.0 Å². The van der Waals surface area contributed by atoms with Gasteiger partial charge in [0.15, 0.2) is 0 Å². The van der Waals surface area contributed by atoms with Gasteiger partial charge in [0.05, 0.1) is 37.2 Å². The van der Waals surface area contributed by atoms with E-state index in [2.05, 4.69) is 95.9 Å². The van der Waals surface area contributed by atoms with Crippen LogP contribution in [0.1, 0.15) is 60.1 Å². The fourth-order valence-electron chi connectivity index (χ4n) is 12.3. The minimum atomic E-state index is -0.585. The lowest BCUT2D eigenvalue weighted by Gasteiger charge is -2.58. The normalized spacial score (nSPS) is 29.7. The highest BCUT2D eigenvalue weighted by atomic mass is 79.9. The number of rotatable bonds is 10. The highest BCUT2D eigenvalue weighted by molar-refractivity contribution is 5.88. The summed E-state index contributed by atoms with van der Waals surface area (Å²) >= 11 is 0. The van der Waals surface area contributed by atoms with Crippen LogP contribution in [-0.4, -0.2) is 67.4 Å². The molecule has 0 amide bonds. The van der Waals surface area contributed by atoms with Gasteiger partial charge in [-0.25, -0.2) is 0 Å². The van der Waals surface area contributed by atoms with Crippen LogP contribution in [0.4, 0.5) is 0 Å². The van der Waals surface area contributed by atoms with Gasteiger partial charge in [0, 0.05) is 71.8 Å². The average molecular weight is 903 g/mol. The summed E-state index contributed by atoms with van der Waals surface area (Å²) in [6.45, 7) is 14.5. The van der Waals surface area contributed by atoms with Crippen LogP contribution in [0, 0.1) is 23.7 Å². The van der Waals surface area contributed by atoms with Crippen LogP contribution >= 0.6 is 0 Å². The Kier molecular flexibility index (Phi) is 11.6. The molecule has 8 heteroatoms. The van der Waals surface area contributed by atoms with Crippen LogP contribution in [-0.2, 0) is 13.1 Å². The molecule has 0 saturated carbocycles. The van der Waals surface area contributed by atoms with Crippen molar-refractivity contribution in [2.75, 3.05) is 26.2 Å². The number of halogens is 2. The van der Waals surface area contributed by atoms with Crippen molar-refractivity contribution in [2.24, 2.45) is 23.7 Å². The summed E-state index contributed by atoms with van der Waals surface area (Å²) in [4.78, 5) is 9.25. The van der Waals surface area contributed by atoms with Gasteiger partial charge in [0.25, 0.3) is 0 Å². The number of benzene rings is 4. The predicted molar refractivity (Wildman–Crippen MR) is 225 cm³/mol. The Labute approximate surface area is 363 Å². The Hall–Kier alpha value is -3.76. The second-order valence-corrected chi connectivity index (χ2v) is 17.7. The minimum Gasteiger partial charge on any atom is -1.00 e. The maximum absolute atomic E-state index is 12.4. The molecule has 4 aromatic carbocycles. The first-order chi connectivity index (χ1) is 27.4. The zero-order valence-electron chi connectivity index (χ0n) is 33.1. The van der Waals surface area contributed by atoms with Crippen molar-refractivity contribution in [1.29, 1.82) is 0 Å². The molecule has 6 fully saturated rings. The van der Waals surface area contributed by atoms with E-state index >= 15 is 0 Å². The summed E-state index contributed by atoms with van der Waals surface area (Å²) in [6.07, 6.45) is 11.2. The molecular formula is C50H54Br2N4O2. The molecule has 300 valence electrons. The quantitative estimate of drug-likeness (QED) is 0.164. The van der Waals surface area contributed by atoms with E-state index in [1.807, 2.05) is 48.8 Å². The third-order valence-corrected chi connectivity index (χ3v) is 15.2. The number of piperidine rings is 6. The van der Waals surface area contributed by atoms with Crippen molar-refractivity contribution in [3.8, 4) is 0 Å². The summed E-state index contributed by atoms with van der Waals surface area (Å²) in [5.74, 6) is 2.00. The fraction of sp³-hybridized carbons (Fsp3) is 0.360. The number of aliphatic hydroxyl groups is 2. The Bertz CT molecular complexity index is 2300. The van der Waals surface area contributed by atoms with E-state index in [0.29, 0.717) is 23.7 Å². The van der Waals surface area contributed by atoms with Gasteiger partial charge in [0.2, 0.25) is 0 Å². The molecule has 10 atom stereocenters. The molecule has 0 aliphatic carbocycles. The molecule has 4 bridgehead atoms. The van der Waals surface area contributed by atoms with Gasteiger partial charge >= 0.3 is 0 Å². The first-order valence-corrected chi connectivity index (χ1v) is 20.9. The van der Waals surface area contributed by atoms with Gasteiger partial charge in [-0.2, -0.15) is 0 Å². The smallest absolute Gasteiger partial charge is 0.131 e. The highest BCUT2D eigenvalue weighted by Crippen LogP contribution is 2.50. The Morgan fingerprint density at radius 3 is 1.38 bits per heavy atom.